The van der Waals surface area contributed by atoms with E-state index in [1.165, 1.54) is 10.6 Å². The second-order valence-corrected chi connectivity index (χ2v) is 6.64. The van der Waals surface area contributed by atoms with E-state index in [1.807, 2.05) is 49.4 Å². The summed E-state index contributed by atoms with van der Waals surface area (Å²) in [5.41, 5.74) is 2.00. The van der Waals surface area contributed by atoms with Gasteiger partial charge in [0.15, 0.2) is 11.5 Å². The highest BCUT2D eigenvalue weighted by molar-refractivity contribution is 5.76. The van der Waals surface area contributed by atoms with E-state index in [2.05, 4.69) is 10.3 Å². The molecule has 30 heavy (non-hydrogen) atoms. The summed E-state index contributed by atoms with van der Waals surface area (Å²) in [5.74, 6) is 1.34. The number of rotatable bonds is 8. The van der Waals surface area contributed by atoms with Crippen LogP contribution >= 0.6 is 0 Å². The SMILES string of the molecule is CCc1cc(=O)n(CC(=O)NCc2cccc(OC)c2OC)c(-c2ccccc2)n1. The smallest absolute Gasteiger partial charge is 0.254 e. The third-order valence-electron chi connectivity index (χ3n) is 4.72. The van der Waals surface area contributed by atoms with Gasteiger partial charge in [-0.05, 0) is 12.5 Å². The van der Waals surface area contributed by atoms with E-state index in [1.54, 1.807) is 20.3 Å². The van der Waals surface area contributed by atoms with Crippen LogP contribution in [0.1, 0.15) is 18.2 Å². The number of ether oxygens (including phenoxy) is 2. The normalized spacial score (nSPS) is 10.5. The fraction of sp³-hybridized carbons (Fsp3) is 0.261. The van der Waals surface area contributed by atoms with E-state index >= 15 is 0 Å². The monoisotopic (exact) mass is 407 g/mol. The maximum Gasteiger partial charge on any atom is 0.254 e. The fourth-order valence-electron chi connectivity index (χ4n) is 3.18. The minimum Gasteiger partial charge on any atom is -0.493 e. The molecular formula is C23H25N3O4. The number of aryl methyl sites for hydroxylation is 1. The molecule has 0 unspecified atom stereocenters. The Bertz CT molecular complexity index is 1080. The van der Waals surface area contributed by atoms with Gasteiger partial charge in [0.25, 0.3) is 5.56 Å². The fourth-order valence-corrected chi connectivity index (χ4v) is 3.18. The zero-order valence-electron chi connectivity index (χ0n) is 17.3. The summed E-state index contributed by atoms with van der Waals surface area (Å²) in [6.45, 7) is 2.05. The van der Waals surface area contributed by atoms with Crippen LogP contribution in [0.2, 0.25) is 0 Å². The predicted molar refractivity (Wildman–Crippen MR) is 115 cm³/mol. The maximum atomic E-state index is 12.7. The van der Waals surface area contributed by atoms with Gasteiger partial charge in [0, 0.05) is 29.4 Å². The van der Waals surface area contributed by atoms with Crippen molar-refractivity contribution >= 4 is 5.91 Å². The van der Waals surface area contributed by atoms with Crippen molar-refractivity contribution in [1.82, 2.24) is 14.9 Å². The lowest BCUT2D eigenvalue weighted by Gasteiger charge is -2.15. The van der Waals surface area contributed by atoms with Crippen molar-refractivity contribution in [3.8, 4) is 22.9 Å². The van der Waals surface area contributed by atoms with Gasteiger partial charge in [0.05, 0.1) is 14.2 Å². The summed E-state index contributed by atoms with van der Waals surface area (Å²) in [6, 6.07) is 16.3. The Balaban J connectivity index is 1.83. The molecule has 7 heteroatoms. The molecule has 0 radical (unpaired) electrons. The number of nitrogens with one attached hydrogen (secondary N) is 1. The highest BCUT2D eigenvalue weighted by Crippen LogP contribution is 2.30. The summed E-state index contributed by atoms with van der Waals surface area (Å²) in [5, 5.41) is 2.85. The Morgan fingerprint density at radius 3 is 2.50 bits per heavy atom. The Kier molecular flexibility index (Phi) is 6.85. The van der Waals surface area contributed by atoms with Gasteiger partial charge in [-0.2, -0.15) is 0 Å². The van der Waals surface area contributed by atoms with Crippen molar-refractivity contribution in [2.45, 2.75) is 26.4 Å². The molecule has 0 bridgehead atoms. The molecule has 0 aliphatic heterocycles. The number of carbonyl (C=O) groups is 1. The van der Waals surface area contributed by atoms with Gasteiger partial charge >= 0.3 is 0 Å². The molecule has 0 saturated heterocycles. The standard InChI is InChI=1S/C23H25N3O4/c1-4-18-13-21(28)26(23(25-18)16-9-6-5-7-10-16)15-20(27)24-14-17-11-8-12-19(29-2)22(17)30-3/h5-13H,4,14-15H2,1-3H3,(H,24,27). The summed E-state index contributed by atoms with van der Waals surface area (Å²) in [6.07, 6.45) is 0.637. The third-order valence-corrected chi connectivity index (χ3v) is 4.72. The molecule has 156 valence electrons. The maximum absolute atomic E-state index is 12.7. The second kappa shape index (κ2) is 9.73. The summed E-state index contributed by atoms with van der Waals surface area (Å²) in [4.78, 5) is 29.9. The highest BCUT2D eigenvalue weighted by atomic mass is 16.5. The number of hydrogen-bond acceptors (Lipinski definition) is 5. The van der Waals surface area contributed by atoms with Crippen LogP contribution in [0.5, 0.6) is 11.5 Å². The molecular weight excluding hydrogens is 382 g/mol. The molecule has 0 atom stereocenters. The summed E-state index contributed by atoms with van der Waals surface area (Å²) < 4.78 is 12.1. The van der Waals surface area contributed by atoms with Crippen LogP contribution in [0, 0.1) is 0 Å². The molecule has 1 amide bonds. The van der Waals surface area contributed by atoms with Crippen molar-refractivity contribution in [3.05, 3.63) is 76.2 Å². The minimum absolute atomic E-state index is 0.133. The molecule has 1 N–H and O–H groups in total. The molecule has 0 fully saturated rings. The largest absolute Gasteiger partial charge is 0.493 e. The van der Waals surface area contributed by atoms with Crippen LogP contribution in [0.15, 0.2) is 59.4 Å². The molecule has 3 aromatic rings. The van der Waals surface area contributed by atoms with Crippen molar-refractivity contribution in [1.29, 1.82) is 0 Å². The van der Waals surface area contributed by atoms with Crippen molar-refractivity contribution in [2.75, 3.05) is 14.2 Å². The first-order chi connectivity index (χ1) is 14.6. The zero-order valence-corrected chi connectivity index (χ0v) is 17.3. The van der Waals surface area contributed by atoms with Crippen LogP contribution in [0.4, 0.5) is 0 Å². The number of benzene rings is 2. The number of aromatic nitrogens is 2. The van der Waals surface area contributed by atoms with E-state index < -0.39 is 0 Å². The van der Waals surface area contributed by atoms with Crippen LogP contribution < -0.4 is 20.3 Å². The van der Waals surface area contributed by atoms with E-state index in [4.69, 9.17) is 9.47 Å². The van der Waals surface area contributed by atoms with Crippen LogP contribution in [-0.4, -0.2) is 29.7 Å². The van der Waals surface area contributed by atoms with E-state index in [0.29, 0.717) is 29.4 Å². The Hall–Kier alpha value is -3.61. The van der Waals surface area contributed by atoms with Gasteiger partial charge in [0.1, 0.15) is 12.4 Å². The first kappa shape index (κ1) is 21.1. The predicted octanol–water partition coefficient (Wildman–Crippen LogP) is 2.81. The topological polar surface area (TPSA) is 82.5 Å². The quantitative estimate of drug-likeness (QED) is 0.621. The molecule has 0 aliphatic rings. The van der Waals surface area contributed by atoms with Gasteiger partial charge in [-0.25, -0.2) is 4.98 Å². The second-order valence-electron chi connectivity index (χ2n) is 6.64. The number of methoxy groups -OCH3 is 2. The Morgan fingerprint density at radius 1 is 1.07 bits per heavy atom. The summed E-state index contributed by atoms with van der Waals surface area (Å²) in [7, 11) is 3.11. The first-order valence-corrected chi connectivity index (χ1v) is 9.70. The average molecular weight is 407 g/mol. The number of amides is 1. The van der Waals surface area contributed by atoms with Gasteiger partial charge in [0.2, 0.25) is 5.91 Å². The van der Waals surface area contributed by atoms with Crippen molar-refractivity contribution in [2.24, 2.45) is 0 Å². The average Bonchev–Trinajstić information content (AvgIpc) is 2.78. The highest BCUT2D eigenvalue weighted by Gasteiger charge is 2.15. The zero-order chi connectivity index (χ0) is 21.5. The van der Waals surface area contributed by atoms with E-state index in [9.17, 15) is 9.59 Å². The molecule has 0 saturated carbocycles. The van der Waals surface area contributed by atoms with Crippen molar-refractivity contribution in [3.63, 3.8) is 0 Å². The Labute approximate surface area is 175 Å². The number of hydrogen-bond donors (Lipinski definition) is 1. The van der Waals surface area contributed by atoms with Gasteiger partial charge in [-0.15, -0.1) is 0 Å². The molecule has 0 spiro atoms. The molecule has 1 heterocycles. The molecule has 7 nitrogen and oxygen atoms in total. The number of nitrogens with zero attached hydrogens (tertiary/aromatic N) is 2. The third kappa shape index (κ3) is 4.68. The first-order valence-electron chi connectivity index (χ1n) is 9.70. The molecule has 1 aromatic heterocycles. The van der Waals surface area contributed by atoms with Crippen LogP contribution in [0.25, 0.3) is 11.4 Å². The van der Waals surface area contributed by atoms with Gasteiger partial charge < -0.3 is 14.8 Å². The van der Waals surface area contributed by atoms with Crippen LogP contribution in [0.3, 0.4) is 0 Å². The molecule has 3 rings (SSSR count). The lowest BCUT2D eigenvalue weighted by Crippen LogP contribution is -2.33. The minimum atomic E-state index is -0.301. The molecule has 2 aromatic carbocycles. The van der Waals surface area contributed by atoms with E-state index in [-0.39, 0.29) is 24.6 Å². The lowest BCUT2D eigenvalue weighted by atomic mass is 10.2. The van der Waals surface area contributed by atoms with E-state index in [0.717, 1.165) is 11.1 Å². The van der Waals surface area contributed by atoms with Crippen LogP contribution in [-0.2, 0) is 24.3 Å². The van der Waals surface area contributed by atoms with Gasteiger partial charge in [-0.1, -0.05) is 49.4 Å². The summed E-state index contributed by atoms with van der Waals surface area (Å²) >= 11 is 0. The lowest BCUT2D eigenvalue weighted by molar-refractivity contribution is -0.121. The molecule has 0 aliphatic carbocycles. The number of carbonyl (C=O) groups excluding carboxylic acids is 1. The van der Waals surface area contributed by atoms with Gasteiger partial charge in [-0.3, -0.25) is 14.2 Å². The Morgan fingerprint density at radius 2 is 1.83 bits per heavy atom. The number of para-hydroxylation sites is 1. The van der Waals surface area contributed by atoms with Crippen molar-refractivity contribution < 1.29 is 14.3 Å².